The van der Waals surface area contributed by atoms with Gasteiger partial charge in [0.1, 0.15) is 18.5 Å². The predicted octanol–water partition coefficient (Wildman–Crippen LogP) is 3.53. The molecule has 2 aromatic carbocycles. The van der Waals surface area contributed by atoms with Crippen molar-refractivity contribution in [2.45, 2.75) is 20.0 Å². The topological polar surface area (TPSA) is 78.7 Å². The number of benzene rings is 2. The van der Waals surface area contributed by atoms with Crippen LogP contribution in [-0.2, 0) is 4.74 Å². The largest absolute Gasteiger partial charge is 0.490 e. The second-order valence-electron chi connectivity index (χ2n) is 5.14. The summed E-state index contributed by atoms with van der Waals surface area (Å²) in [7, 11) is 0. The average Bonchev–Trinajstić information content (AvgIpc) is 2.54. The molecule has 120 valence electrons. The van der Waals surface area contributed by atoms with Gasteiger partial charge in [0.2, 0.25) is 0 Å². The van der Waals surface area contributed by atoms with Gasteiger partial charge in [0.15, 0.2) is 0 Å². The van der Waals surface area contributed by atoms with E-state index in [2.05, 4.69) is 0 Å². The van der Waals surface area contributed by atoms with Gasteiger partial charge >= 0.3 is 5.97 Å². The fourth-order valence-electron chi connectivity index (χ4n) is 1.85. The van der Waals surface area contributed by atoms with Gasteiger partial charge in [0, 0.05) is 12.1 Å². The summed E-state index contributed by atoms with van der Waals surface area (Å²) in [6.45, 7) is 3.93. The first-order valence-corrected chi connectivity index (χ1v) is 7.10. The number of carbonyl (C=O) groups excluding carboxylic acids is 1. The molecule has 0 radical (unpaired) electrons. The molecule has 0 bridgehead atoms. The van der Waals surface area contributed by atoms with Gasteiger partial charge in [-0.2, -0.15) is 0 Å². The molecule has 1 atom stereocenters. The molecule has 2 rings (SSSR count). The smallest absolute Gasteiger partial charge is 0.338 e. The lowest BCUT2D eigenvalue weighted by Gasteiger charge is -2.14. The van der Waals surface area contributed by atoms with Crippen molar-refractivity contribution in [2.24, 2.45) is 0 Å². The standard InChI is InChI=1S/C17H17NO5/c1-12-3-9-16(10-4-12)22-11-13(2)23-17(19)14-5-7-15(8-6-14)18(20)21/h3-10,13H,11H2,1-2H3. The number of nitrogens with zero attached hydrogens (tertiary/aromatic N) is 1. The fraction of sp³-hybridized carbons (Fsp3) is 0.235. The number of carbonyl (C=O) groups is 1. The molecule has 0 aromatic heterocycles. The Morgan fingerprint density at radius 1 is 1.13 bits per heavy atom. The van der Waals surface area contributed by atoms with Crippen LogP contribution in [-0.4, -0.2) is 23.6 Å². The maximum Gasteiger partial charge on any atom is 0.338 e. The summed E-state index contributed by atoms with van der Waals surface area (Å²) in [5, 5.41) is 10.6. The second-order valence-corrected chi connectivity index (χ2v) is 5.14. The minimum absolute atomic E-state index is 0.0719. The predicted molar refractivity (Wildman–Crippen MR) is 84.6 cm³/mol. The van der Waals surface area contributed by atoms with E-state index in [0.29, 0.717) is 5.75 Å². The molecule has 6 heteroatoms. The van der Waals surface area contributed by atoms with Crippen molar-refractivity contribution in [3.63, 3.8) is 0 Å². The highest BCUT2D eigenvalue weighted by Gasteiger charge is 2.14. The summed E-state index contributed by atoms with van der Waals surface area (Å²) in [6, 6.07) is 12.8. The quantitative estimate of drug-likeness (QED) is 0.463. The first kappa shape index (κ1) is 16.5. The zero-order valence-electron chi connectivity index (χ0n) is 12.9. The van der Waals surface area contributed by atoms with Crippen molar-refractivity contribution < 1.29 is 19.2 Å². The number of rotatable bonds is 6. The van der Waals surface area contributed by atoms with Gasteiger partial charge in [-0.05, 0) is 38.1 Å². The first-order valence-electron chi connectivity index (χ1n) is 7.10. The number of esters is 1. The minimum atomic E-state index is -0.542. The SMILES string of the molecule is Cc1ccc(OCC(C)OC(=O)c2ccc([N+](=O)[O-])cc2)cc1. The van der Waals surface area contributed by atoms with Crippen molar-refractivity contribution in [3.05, 3.63) is 69.8 Å². The Morgan fingerprint density at radius 3 is 2.30 bits per heavy atom. The van der Waals surface area contributed by atoms with Crippen molar-refractivity contribution in [3.8, 4) is 5.75 Å². The third-order valence-corrected chi connectivity index (χ3v) is 3.13. The third kappa shape index (κ3) is 4.81. The van der Waals surface area contributed by atoms with Gasteiger partial charge in [0.05, 0.1) is 10.5 Å². The molecular formula is C17H17NO5. The van der Waals surface area contributed by atoms with E-state index in [1.54, 1.807) is 6.92 Å². The summed E-state index contributed by atoms with van der Waals surface area (Å²) in [6.07, 6.45) is -0.445. The molecule has 23 heavy (non-hydrogen) atoms. The summed E-state index contributed by atoms with van der Waals surface area (Å²) < 4.78 is 10.8. The van der Waals surface area contributed by atoms with Crippen LogP contribution < -0.4 is 4.74 Å². The van der Waals surface area contributed by atoms with E-state index >= 15 is 0 Å². The molecule has 1 unspecified atom stereocenters. The highest BCUT2D eigenvalue weighted by atomic mass is 16.6. The second kappa shape index (κ2) is 7.40. The number of hydrogen-bond acceptors (Lipinski definition) is 5. The Balaban J connectivity index is 1.86. The van der Waals surface area contributed by atoms with Gasteiger partial charge in [-0.1, -0.05) is 17.7 Å². The molecule has 0 fully saturated rings. The van der Waals surface area contributed by atoms with Crippen LogP contribution in [0.5, 0.6) is 5.75 Å². The molecular weight excluding hydrogens is 298 g/mol. The Kier molecular flexibility index (Phi) is 5.30. The van der Waals surface area contributed by atoms with Crippen LogP contribution in [0.1, 0.15) is 22.8 Å². The van der Waals surface area contributed by atoms with Gasteiger partial charge in [-0.25, -0.2) is 4.79 Å². The number of aryl methyl sites for hydroxylation is 1. The molecule has 0 heterocycles. The number of non-ortho nitro benzene ring substituents is 1. The Hall–Kier alpha value is -2.89. The fourth-order valence-corrected chi connectivity index (χ4v) is 1.85. The molecule has 2 aromatic rings. The maximum absolute atomic E-state index is 11.9. The number of nitro benzene ring substituents is 1. The molecule has 0 aliphatic carbocycles. The monoisotopic (exact) mass is 315 g/mol. The zero-order valence-corrected chi connectivity index (χ0v) is 12.9. The van der Waals surface area contributed by atoms with Gasteiger partial charge in [-0.3, -0.25) is 10.1 Å². The highest BCUT2D eigenvalue weighted by molar-refractivity contribution is 5.89. The van der Waals surface area contributed by atoms with E-state index in [0.717, 1.165) is 5.56 Å². The lowest BCUT2D eigenvalue weighted by atomic mass is 10.2. The van der Waals surface area contributed by atoms with E-state index in [4.69, 9.17) is 9.47 Å². The molecule has 0 amide bonds. The van der Waals surface area contributed by atoms with Crippen molar-refractivity contribution in [1.82, 2.24) is 0 Å². The number of hydrogen-bond donors (Lipinski definition) is 0. The van der Waals surface area contributed by atoms with Crippen LogP contribution in [0.4, 0.5) is 5.69 Å². The van der Waals surface area contributed by atoms with Gasteiger partial charge < -0.3 is 9.47 Å². The van der Waals surface area contributed by atoms with Gasteiger partial charge in [-0.15, -0.1) is 0 Å². The summed E-state index contributed by atoms with van der Waals surface area (Å²) >= 11 is 0. The summed E-state index contributed by atoms with van der Waals surface area (Å²) in [5.74, 6) is 0.161. The summed E-state index contributed by atoms with van der Waals surface area (Å²) in [5.41, 5.74) is 1.32. The van der Waals surface area contributed by atoms with Crippen LogP contribution in [0, 0.1) is 17.0 Å². The van der Waals surface area contributed by atoms with E-state index in [-0.39, 0.29) is 17.9 Å². The molecule has 6 nitrogen and oxygen atoms in total. The van der Waals surface area contributed by atoms with E-state index in [9.17, 15) is 14.9 Å². The Labute approximate surface area is 133 Å². The van der Waals surface area contributed by atoms with Crippen LogP contribution in [0.3, 0.4) is 0 Å². The van der Waals surface area contributed by atoms with Gasteiger partial charge in [0.25, 0.3) is 5.69 Å². The zero-order chi connectivity index (χ0) is 16.8. The Morgan fingerprint density at radius 2 is 1.74 bits per heavy atom. The lowest BCUT2D eigenvalue weighted by molar-refractivity contribution is -0.384. The molecule has 0 aliphatic heterocycles. The van der Waals surface area contributed by atoms with Crippen LogP contribution in [0.15, 0.2) is 48.5 Å². The normalized spacial score (nSPS) is 11.6. The molecule has 0 aliphatic rings. The van der Waals surface area contributed by atoms with Crippen LogP contribution >= 0.6 is 0 Å². The van der Waals surface area contributed by atoms with Crippen molar-refractivity contribution >= 4 is 11.7 Å². The van der Waals surface area contributed by atoms with E-state index < -0.39 is 17.0 Å². The van der Waals surface area contributed by atoms with E-state index in [1.165, 1.54) is 24.3 Å². The number of nitro groups is 1. The highest BCUT2D eigenvalue weighted by Crippen LogP contribution is 2.14. The van der Waals surface area contributed by atoms with E-state index in [1.807, 2.05) is 31.2 Å². The lowest BCUT2D eigenvalue weighted by Crippen LogP contribution is -2.22. The molecule has 0 spiro atoms. The van der Waals surface area contributed by atoms with Crippen LogP contribution in [0.2, 0.25) is 0 Å². The van der Waals surface area contributed by atoms with Crippen molar-refractivity contribution in [1.29, 1.82) is 0 Å². The number of ether oxygens (including phenoxy) is 2. The molecule has 0 saturated carbocycles. The summed E-state index contributed by atoms with van der Waals surface area (Å²) in [4.78, 5) is 22.0. The molecule has 0 saturated heterocycles. The molecule has 0 N–H and O–H groups in total. The van der Waals surface area contributed by atoms with Crippen LogP contribution in [0.25, 0.3) is 0 Å². The average molecular weight is 315 g/mol. The Bertz CT molecular complexity index is 679. The minimum Gasteiger partial charge on any atom is -0.490 e. The maximum atomic E-state index is 11.9. The third-order valence-electron chi connectivity index (χ3n) is 3.13. The first-order chi connectivity index (χ1) is 11.0. The van der Waals surface area contributed by atoms with Crippen molar-refractivity contribution in [2.75, 3.05) is 6.61 Å².